The quantitative estimate of drug-likeness (QED) is 0.648. The Morgan fingerprint density at radius 1 is 1.08 bits per heavy atom. The van der Waals surface area contributed by atoms with Crippen LogP contribution in [0.1, 0.15) is 40.5 Å². The standard InChI is InChI=1S/C11H25N/c1-6-9(2)7-10(3)11(4)8-12-5/h9-12H,6-8H2,1-5H3/t9?,10?,11-/m0/s1. The SMILES string of the molecule is CCC(C)CC(C)[C@@H](C)CNC. The van der Waals surface area contributed by atoms with Gasteiger partial charge in [-0.05, 0) is 37.8 Å². The van der Waals surface area contributed by atoms with Crippen molar-refractivity contribution in [2.24, 2.45) is 17.8 Å². The number of nitrogens with one attached hydrogen (secondary N) is 1. The van der Waals surface area contributed by atoms with Gasteiger partial charge < -0.3 is 5.32 Å². The maximum Gasteiger partial charge on any atom is -0.00236 e. The van der Waals surface area contributed by atoms with E-state index < -0.39 is 0 Å². The van der Waals surface area contributed by atoms with Gasteiger partial charge in [-0.15, -0.1) is 0 Å². The van der Waals surface area contributed by atoms with Gasteiger partial charge in [-0.2, -0.15) is 0 Å². The zero-order valence-corrected chi connectivity index (χ0v) is 9.35. The highest BCUT2D eigenvalue weighted by atomic mass is 14.8. The first kappa shape index (κ1) is 12.0. The average molecular weight is 171 g/mol. The topological polar surface area (TPSA) is 12.0 Å². The minimum absolute atomic E-state index is 0.809. The summed E-state index contributed by atoms with van der Waals surface area (Å²) < 4.78 is 0. The molecule has 12 heavy (non-hydrogen) atoms. The van der Waals surface area contributed by atoms with Crippen LogP contribution in [0.5, 0.6) is 0 Å². The molecule has 0 heterocycles. The summed E-state index contributed by atoms with van der Waals surface area (Å²) in [6, 6.07) is 0. The van der Waals surface area contributed by atoms with Crippen LogP contribution in [0.2, 0.25) is 0 Å². The predicted octanol–water partition coefficient (Wildman–Crippen LogP) is 2.91. The van der Waals surface area contributed by atoms with Gasteiger partial charge in [0.2, 0.25) is 0 Å². The zero-order valence-electron chi connectivity index (χ0n) is 9.35. The highest BCUT2D eigenvalue weighted by molar-refractivity contribution is 4.66. The molecule has 0 aromatic heterocycles. The third-order valence-corrected chi connectivity index (χ3v) is 2.97. The Balaban J connectivity index is 3.62. The molecule has 0 aromatic rings. The largest absolute Gasteiger partial charge is 0.319 e. The summed E-state index contributed by atoms with van der Waals surface area (Å²) in [5, 5.41) is 3.24. The molecule has 0 radical (unpaired) electrons. The van der Waals surface area contributed by atoms with Crippen LogP contribution in [0.3, 0.4) is 0 Å². The van der Waals surface area contributed by atoms with E-state index in [1.807, 2.05) is 7.05 Å². The highest BCUT2D eigenvalue weighted by Gasteiger charge is 2.13. The van der Waals surface area contributed by atoms with Crippen molar-refractivity contribution >= 4 is 0 Å². The minimum atomic E-state index is 0.809. The first-order chi connectivity index (χ1) is 5.61. The maximum absolute atomic E-state index is 3.24. The van der Waals surface area contributed by atoms with Gasteiger partial charge in [0.1, 0.15) is 0 Å². The molecule has 0 aliphatic heterocycles. The van der Waals surface area contributed by atoms with Gasteiger partial charge in [-0.3, -0.25) is 0 Å². The summed E-state index contributed by atoms with van der Waals surface area (Å²) in [4.78, 5) is 0. The second-order valence-corrected chi connectivity index (χ2v) is 4.26. The molecule has 2 unspecified atom stereocenters. The van der Waals surface area contributed by atoms with Crippen LogP contribution in [-0.2, 0) is 0 Å². The van der Waals surface area contributed by atoms with Crippen LogP contribution in [-0.4, -0.2) is 13.6 Å². The van der Waals surface area contributed by atoms with Crippen molar-refractivity contribution in [3.05, 3.63) is 0 Å². The van der Waals surface area contributed by atoms with Crippen LogP contribution in [0.15, 0.2) is 0 Å². The van der Waals surface area contributed by atoms with Crippen molar-refractivity contribution in [1.82, 2.24) is 5.32 Å². The lowest BCUT2D eigenvalue weighted by atomic mass is 9.86. The van der Waals surface area contributed by atoms with Crippen LogP contribution in [0, 0.1) is 17.8 Å². The third kappa shape index (κ3) is 4.76. The first-order valence-corrected chi connectivity index (χ1v) is 5.26. The molecule has 0 aromatic carbocycles. The van der Waals surface area contributed by atoms with E-state index in [-0.39, 0.29) is 0 Å². The monoisotopic (exact) mass is 171 g/mol. The number of rotatable bonds is 6. The van der Waals surface area contributed by atoms with Gasteiger partial charge in [-0.25, -0.2) is 0 Å². The van der Waals surface area contributed by atoms with Gasteiger partial charge >= 0.3 is 0 Å². The molecule has 0 amide bonds. The van der Waals surface area contributed by atoms with Gasteiger partial charge in [0, 0.05) is 0 Å². The van der Waals surface area contributed by atoms with Gasteiger partial charge in [-0.1, -0.05) is 34.1 Å². The molecule has 1 heteroatoms. The molecule has 3 atom stereocenters. The fourth-order valence-electron chi connectivity index (χ4n) is 1.56. The van der Waals surface area contributed by atoms with Crippen LogP contribution in [0.4, 0.5) is 0 Å². The Morgan fingerprint density at radius 2 is 1.67 bits per heavy atom. The summed E-state index contributed by atoms with van der Waals surface area (Å²) in [6.45, 7) is 10.5. The summed E-state index contributed by atoms with van der Waals surface area (Å²) in [5.41, 5.74) is 0. The molecular formula is C11H25N. The number of hydrogen-bond acceptors (Lipinski definition) is 1. The second-order valence-electron chi connectivity index (χ2n) is 4.26. The van der Waals surface area contributed by atoms with E-state index in [2.05, 4.69) is 33.0 Å². The molecule has 0 aliphatic rings. The maximum atomic E-state index is 3.24. The summed E-state index contributed by atoms with van der Waals surface area (Å²) in [6.07, 6.45) is 2.69. The molecule has 0 saturated heterocycles. The third-order valence-electron chi connectivity index (χ3n) is 2.97. The van der Waals surface area contributed by atoms with Crippen LogP contribution >= 0.6 is 0 Å². The predicted molar refractivity (Wildman–Crippen MR) is 56.3 cm³/mol. The molecular weight excluding hydrogens is 146 g/mol. The molecule has 0 bridgehead atoms. The lowest BCUT2D eigenvalue weighted by molar-refractivity contribution is 0.304. The van der Waals surface area contributed by atoms with Crippen molar-refractivity contribution in [2.75, 3.05) is 13.6 Å². The fourth-order valence-corrected chi connectivity index (χ4v) is 1.56. The first-order valence-electron chi connectivity index (χ1n) is 5.26. The van der Waals surface area contributed by atoms with E-state index in [0.29, 0.717) is 0 Å². The van der Waals surface area contributed by atoms with Crippen molar-refractivity contribution in [3.8, 4) is 0 Å². The van der Waals surface area contributed by atoms with E-state index in [1.54, 1.807) is 0 Å². The van der Waals surface area contributed by atoms with Crippen molar-refractivity contribution in [2.45, 2.75) is 40.5 Å². The Kier molecular flexibility index (Phi) is 6.45. The van der Waals surface area contributed by atoms with E-state index >= 15 is 0 Å². The summed E-state index contributed by atoms with van der Waals surface area (Å²) >= 11 is 0. The van der Waals surface area contributed by atoms with E-state index in [1.165, 1.54) is 12.8 Å². The van der Waals surface area contributed by atoms with Crippen molar-refractivity contribution in [3.63, 3.8) is 0 Å². The average Bonchev–Trinajstić information content (AvgIpc) is 2.04. The van der Waals surface area contributed by atoms with E-state index in [4.69, 9.17) is 0 Å². The molecule has 0 spiro atoms. The van der Waals surface area contributed by atoms with Crippen LogP contribution in [0.25, 0.3) is 0 Å². The van der Waals surface area contributed by atoms with Gasteiger partial charge in [0.15, 0.2) is 0 Å². The normalized spacial score (nSPS) is 18.8. The van der Waals surface area contributed by atoms with Crippen molar-refractivity contribution < 1.29 is 0 Å². The molecule has 1 N–H and O–H groups in total. The minimum Gasteiger partial charge on any atom is -0.319 e. The lowest BCUT2D eigenvalue weighted by Crippen LogP contribution is -2.23. The second kappa shape index (κ2) is 6.47. The van der Waals surface area contributed by atoms with Crippen LogP contribution < -0.4 is 5.32 Å². The highest BCUT2D eigenvalue weighted by Crippen LogP contribution is 2.21. The zero-order chi connectivity index (χ0) is 9.56. The summed E-state index contributed by atoms with van der Waals surface area (Å²) in [7, 11) is 2.03. The number of hydrogen-bond donors (Lipinski definition) is 1. The molecule has 0 saturated carbocycles. The lowest BCUT2D eigenvalue weighted by Gasteiger charge is -2.22. The Morgan fingerprint density at radius 3 is 2.08 bits per heavy atom. The Bertz CT molecular complexity index is 101. The fraction of sp³-hybridized carbons (Fsp3) is 1.00. The van der Waals surface area contributed by atoms with Crippen molar-refractivity contribution in [1.29, 1.82) is 0 Å². The van der Waals surface area contributed by atoms with E-state index in [0.717, 1.165) is 24.3 Å². The summed E-state index contributed by atoms with van der Waals surface area (Å²) in [5.74, 6) is 2.55. The molecule has 0 rings (SSSR count). The molecule has 0 fully saturated rings. The van der Waals surface area contributed by atoms with Gasteiger partial charge in [0.05, 0.1) is 0 Å². The smallest absolute Gasteiger partial charge is 0.00236 e. The Hall–Kier alpha value is -0.0400. The molecule has 0 aliphatic carbocycles. The molecule has 74 valence electrons. The van der Waals surface area contributed by atoms with Gasteiger partial charge in [0.25, 0.3) is 0 Å². The molecule has 1 nitrogen and oxygen atoms in total. The van der Waals surface area contributed by atoms with E-state index in [9.17, 15) is 0 Å². The Labute approximate surface area is 77.9 Å².